The lowest BCUT2D eigenvalue weighted by Crippen LogP contribution is -2.48. The van der Waals surface area contributed by atoms with Gasteiger partial charge in [0.1, 0.15) is 17.6 Å². The van der Waals surface area contributed by atoms with Gasteiger partial charge < -0.3 is 15.5 Å². The van der Waals surface area contributed by atoms with E-state index in [-0.39, 0.29) is 11.8 Å². The van der Waals surface area contributed by atoms with Crippen molar-refractivity contribution in [2.24, 2.45) is 0 Å². The topological polar surface area (TPSA) is 124 Å². The van der Waals surface area contributed by atoms with E-state index >= 15 is 0 Å². The van der Waals surface area contributed by atoms with E-state index in [0.29, 0.717) is 36.2 Å². The molecule has 0 bridgehead atoms. The number of hydrogen-bond donors (Lipinski definition) is 2. The van der Waals surface area contributed by atoms with Gasteiger partial charge in [-0.2, -0.15) is 10.4 Å². The van der Waals surface area contributed by atoms with Crippen LogP contribution in [0.5, 0.6) is 0 Å². The molecule has 0 radical (unpaired) electrons. The summed E-state index contributed by atoms with van der Waals surface area (Å²) in [5.74, 6) is 1.24. The molecule has 5 heterocycles. The number of nitrogens with one attached hydrogen (secondary N) is 2. The minimum Gasteiger partial charge on any atom is -0.309 e. The molecule has 1 fully saturated rings. The fourth-order valence-electron chi connectivity index (χ4n) is 3.97. The number of fused-ring (bicyclic) bond motifs is 1. The monoisotopic (exact) mass is 453 g/mol. The summed E-state index contributed by atoms with van der Waals surface area (Å²) in [5, 5.41) is 20.2. The molecular formula is C24H23N9O. The van der Waals surface area contributed by atoms with Crippen molar-refractivity contribution in [3.8, 4) is 17.3 Å². The van der Waals surface area contributed by atoms with Crippen molar-refractivity contribution in [2.75, 3.05) is 29.9 Å². The summed E-state index contributed by atoms with van der Waals surface area (Å²) in [6.07, 6.45) is 5.13. The fourth-order valence-corrected chi connectivity index (χ4v) is 3.97. The van der Waals surface area contributed by atoms with Crippen LogP contribution in [0.1, 0.15) is 31.0 Å². The van der Waals surface area contributed by atoms with Crippen LogP contribution in [0.3, 0.4) is 0 Å². The summed E-state index contributed by atoms with van der Waals surface area (Å²) < 4.78 is 1.66. The molecule has 0 unspecified atom stereocenters. The molecule has 1 aliphatic rings. The predicted molar refractivity (Wildman–Crippen MR) is 128 cm³/mol. The van der Waals surface area contributed by atoms with E-state index in [2.05, 4.69) is 50.6 Å². The maximum absolute atomic E-state index is 12.1. The highest BCUT2D eigenvalue weighted by atomic mass is 16.2. The number of anilines is 3. The molecule has 10 heteroatoms. The van der Waals surface area contributed by atoms with Gasteiger partial charge in [-0.05, 0) is 36.2 Å². The van der Waals surface area contributed by atoms with Crippen LogP contribution < -0.4 is 15.5 Å². The summed E-state index contributed by atoms with van der Waals surface area (Å²) >= 11 is 0. The lowest BCUT2D eigenvalue weighted by atomic mass is 10.0. The third-order valence-corrected chi connectivity index (χ3v) is 5.73. The molecular weight excluding hydrogens is 430 g/mol. The molecule has 34 heavy (non-hydrogen) atoms. The van der Waals surface area contributed by atoms with Gasteiger partial charge in [0.15, 0.2) is 0 Å². The molecule has 5 rings (SSSR count). The van der Waals surface area contributed by atoms with E-state index in [1.807, 2.05) is 12.1 Å². The molecule has 0 atom stereocenters. The summed E-state index contributed by atoms with van der Waals surface area (Å²) in [4.78, 5) is 27.2. The van der Waals surface area contributed by atoms with Crippen molar-refractivity contribution < 1.29 is 4.79 Å². The first-order valence-corrected chi connectivity index (χ1v) is 11.0. The van der Waals surface area contributed by atoms with E-state index in [4.69, 9.17) is 0 Å². The summed E-state index contributed by atoms with van der Waals surface area (Å²) in [5.41, 5.74) is 4.63. The van der Waals surface area contributed by atoms with Gasteiger partial charge in [-0.3, -0.25) is 4.79 Å². The first kappa shape index (κ1) is 21.5. The Kier molecular flexibility index (Phi) is 5.61. The highest BCUT2D eigenvalue weighted by Gasteiger charge is 2.19. The van der Waals surface area contributed by atoms with Crippen molar-refractivity contribution in [2.45, 2.75) is 19.8 Å². The van der Waals surface area contributed by atoms with Gasteiger partial charge in [-0.25, -0.2) is 19.5 Å². The number of nitriles is 1. The van der Waals surface area contributed by atoms with Gasteiger partial charge in [0.25, 0.3) is 0 Å². The number of hydrogen-bond acceptors (Lipinski definition) is 8. The maximum Gasteiger partial charge on any atom is 0.241 e. The van der Waals surface area contributed by atoms with Crippen LogP contribution in [-0.4, -0.2) is 50.1 Å². The molecule has 1 aliphatic heterocycles. The number of nitrogens with zero attached hydrogens (tertiary/aromatic N) is 7. The second kappa shape index (κ2) is 8.88. The van der Waals surface area contributed by atoms with E-state index in [1.165, 1.54) is 0 Å². The van der Waals surface area contributed by atoms with E-state index in [1.54, 1.807) is 46.2 Å². The van der Waals surface area contributed by atoms with Crippen LogP contribution in [0.15, 0.2) is 48.9 Å². The van der Waals surface area contributed by atoms with Gasteiger partial charge in [0, 0.05) is 30.4 Å². The van der Waals surface area contributed by atoms with Gasteiger partial charge in [-0.15, -0.1) is 0 Å². The first-order valence-electron chi connectivity index (χ1n) is 11.0. The van der Waals surface area contributed by atoms with Crippen molar-refractivity contribution in [3.63, 3.8) is 0 Å². The molecule has 1 saturated heterocycles. The van der Waals surface area contributed by atoms with Crippen LogP contribution >= 0.6 is 0 Å². The Balaban J connectivity index is 1.42. The molecule has 0 aliphatic carbocycles. The quantitative estimate of drug-likeness (QED) is 0.473. The minimum absolute atomic E-state index is 0.0253. The molecule has 0 spiro atoms. The molecule has 2 N–H and O–H groups in total. The Morgan fingerprint density at radius 2 is 2.06 bits per heavy atom. The SMILES string of the molecule is CC(C)c1cnn2c(C#N)cc(-c3ccnc(Nc4ccc(N5CCNCC5=O)cn4)n3)cc12. The van der Waals surface area contributed by atoms with Crippen LogP contribution in [0.4, 0.5) is 17.5 Å². The van der Waals surface area contributed by atoms with Crippen LogP contribution in [0.25, 0.3) is 16.8 Å². The molecule has 0 saturated carbocycles. The molecule has 10 nitrogen and oxygen atoms in total. The highest BCUT2D eigenvalue weighted by molar-refractivity contribution is 5.95. The molecule has 0 aromatic carbocycles. The smallest absolute Gasteiger partial charge is 0.241 e. The number of amides is 1. The Morgan fingerprint density at radius 1 is 1.18 bits per heavy atom. The predicted octanol–water partition coefficient (Wildman–Crippen LogP) is 2.86. The zero-order valence-corrected chi connectivity index (χ0v) is 18.9. The molecule has 4 aromatic rings. The molecule has 170 valence electrons. The van der Waals surface area contributed by atoms with Gasteiger partial charge >= 0.3 is 0 Å². The zero-order valence-electron chi connectivity index (χ0n) is 18.9. The van der Waals surface area contributed by atoms with Gasteiger partial charge in [0.05, 0.1) is 35.8 Å². The number of piperazine rings is 1. The van der Waals surface area contributed by atoms with Crippen molar-refractivity contribution in [3.05, 3.63) is 60.2 Å². The van der Waals surface area contributed by atoms with Crippen LogP contribution in [-0.2, 0) is 4.79 Å². The second-order valence-corrected chi connectivity index (χ2v) is 8.31. The van der Waals surface area contributed by atoms with Crippen molar-refractivity contribution >= 4 is 28.9 Å². The minimum atomic E-state index is 0.0253. The maximum atomic E-state index is 12.1. The second-order valence-electron chi connectivity index (χ2n) is 8.31. The Labute approximate surface area is 196 Å². The standard InChI is InChI=1S/C24H23N9O/c1-15(2)19-13-29-33-18(11-25)9-16(10-21(19)33)20-5-6-27-24(30-20)31-22-4-3-17(12-28-22)32-8-7-26-14-23(32)34/h3-6,9-10,12-13,15,26H,7-8,14H2,1-2H3,(H,27,28,30,31). The summed E-state index contributed by atoms with van der Waals surface area (Å²) in [6.45, 7) is 5.89. The summed E-state index contributed by atoms with van der Waals surface area (Å²) in [6, 6.07) is 11.4. The first-order chi connectivity index (χ1) is 16.5. The summed E-state index contributed by atoms with van der Waals surface area (Å²) in [7, 11) is 0. The number of rotatable bonds is 5. The Hall–Kier alpha value is -4.36. The van der Waals surface area contributed by atoms with Crippen molar-refractivity contribution in [1.82, 2.24) is 29.9 Å². The van der Waals surface area contributed by atoms with E-state index in [9.17, 15) is 10.1 Å². The number of pyridine rings is 2. The Bertz CT molecular complexity index is 1400. The Morgan fingerprint density at radius 3 is 2.79 bits per heavy atom. The molecule has 4 aromatic heterocycles. The van der Waals surface area contributed by atoms with E-state index < -0.39 is 0 Å². The van der Waals surface area contributed by atoms with Crippen LogP contribution in [0, 0.1) is 11.3 Å². The van der Waals surface area contributed by atoms with Crippen LogP contribution in [0.2, 0.25) is 0 Å². The normalized spacial score (nSPS) is 13.9. The van der Waals surface area contributed by atoms with E-state index in [0.717, 1.165) is 28.9 Å². The fraction of sp³-hybridized carbons (Fsp3) is 0.250. The zero-order chi connectivity index (χ0) is 23.7. The van der Waals surface area contributed by atoms with Gasteiger partial charge in [-0.1, -0.05) is 13.8 Å². The average molecular weight is 454 g/mol. The highest BCUT2D eigenvalue weighted by Crippen LogP contribution is 2.27. The lowest BCUT2D eigenvalue weighted by Gasteiger charge is -2.27. The average Bonchev–Trinajstić information content (AvgIpc) is 3.29. The third kappa shape index (κ3) is 4.04. The van der Waals surface area contributed by atoms with Crippen molar-refractivity contribution in [1.29, 1.82) is 5.26 Å². The number of aromatic nitrogens is 5. The number of carbonyl (C=O) groups excluding carboxylic acids is 1. The number of carbonyl (C=O) groups is 1. The molecule has 1 amide bonds. The lowest BCUT2D eigenvalue weighted by molar-refractivity contribution is -0.118. The largest absolute Gasteiger partial charge is 0.309 e. The van der Waals surface area contributed by atoms with Gasteiger partial charge in [0.2, 0.25) is 11.9 Å². The third-order valence-electron chi connectivity index (χ3n) is 5.73.